The Labute approximate surface area is 196 Å². The summed E-state index contributed by atoms with van der Waals surface area (Å²) in [7, 11) is 0. The van der Waals surface area contributed by atoms with E-state index in [1.807, 2.05) is 66.8 Å². The lowest BCUT2D eigenvalue weighted by Crippen LogP contribution is -2.00. The van der Waals surface area contributed by atoms with E-state index in [0.29, 0.717) is 17.2 Å². The molecule has 0 atom stereocenters. The van der Waals surface area contributed by atoms with Crippen molar-refractivity contribution in [3.05, 3.63) is 113 Å². The highest BCUT2D eigenvalue weighted by atomic mass is 35.5. The molecule has 4 rings (SSSR count). The van der Waals surface area contributed by atoms with E-state index in [9.17, 15) is 9.90 Å². The number of halogens is 1. The smallest absolute Gasteiger partial charge is 0.339 e. The molecule has 0 radical (unpaired) electrons. The first-order valence-electron chi connectivity index (χ1n) is 10.3. The standard InChI is InChI=1S/C27H21ClO5/c28-21-7-3-8-22(11-10-21)33-24-9-2-6-20(15-24)19-5-1-4-18(14-19)17-32-23-12-13-26(29)25(16-23)27(30)31/h1-7,9-16,29H,8,17H2,(H,30,31). The summed E-state index contributed by atoms with van der Waals surface area (Å²) in [6, 6.07) is 19.8. The Kier molecular flexibility index (Phi) is 6.81. The largest absolute Gasteiger partial charge is 0.507 e. The Morgan fingerprint density at radius 3 is 2.55 bits per heavy atom. The van der Waals surface area contributed by atoms with Gasteiger partial charge in [0, 0.05) is 11.5 Å². The lowest BCUT2D eigenvalue weighted by atomic mass is 10.0. The minimum atomic E-state index is -1.21. The molecule has 1 aliphatic rings. The maximum atomic E-state index is 11.2. The van der Waals surface area contributed by atoms with E-state index in [0.717, 1.165) is 28.2 Å². The summed E-state index contributed by atoms with van der Waals surface area (Å²) < 4.78 is 11.8. The van der Waals surface area contributed by atoms with Crippen LogP contribution in [0.2, 0.25) is 0 Å². The van der Waals surface area contributed by atoms with E-state index < -0.39 is 5.97 Å². The molecule has 2 N–H and O–H groups in total. The molecule has 0 aliphatic heterocycles. The third-order valence-corrected chi connectivity index (χ3v) is 5.22. The lowest BCUT2D eigenvalue weighted by Gasteiger charge is -2.11. The van der Waals surface area contributed by atoms with Gasteiger partial charge in [-0.25, -0.2) is 4.79 Å². The fourth-order valence-electron chi connectivity index (χ4n) is 3.33. The summed E-state index contributed by atoms with van der Waals surface area (Å²) in [4.78, 5) is 11.2. The van der Waals surface area contributed by atoms with Crippen LogP contribution in [-0.2, 0) is 6.61 Å². The van der Waals surface area contributed by atoms with Crippen LogP contribution in [-0.4, -0.2) is 16.2 Å². The Bertz CT molecular complexity index is 1270. The zero-order valence-electron chi connectivity index (χ0n) is 17.6. The molecule has 1 aliphatic carbocycles. The molecule has 0 amide bonds. The molecule has 0 saturated heterocycles. The van der Waals surface area contributed by atoms with Crippen molar-refractivity contribution < 1.29 is 24.5 Å². The zero-order valence-corrected chi connectivity index (χ0v) is 18.3. The highest BCUT2D eigenvalue weighted by Gasteiger charge is 2.11. The van der Waals surface area contributed by atoms with Crippen LogP contribution in [0.3, 0.4) is 0 Å². The SMILES string of the molecule is O=C(O)c1cc(OCc2cccc(-c3cccc(OC4=CC=C(Cl)C=CC4)c3)c2)ccc1O. The van der Waals surface area contributed by atoms with Crippen LogP contribution in [0.5, 0.6) is 17.2 Å². The molecule has 5 nitrogen and oxygen atoms in total. The van der Waals surface area contributed by atoms with Crippen LogP contribution in [0.25, 0.3) is 11.1 Å². The second-order valence-electron chi connectivity index (χ2n) is 7.39. The van der Waals surface area contributed by atoms with Gasteiger partial charge < -0.3 is 19.7 Å². The van der Waals surface area contributed by atoms with Gasteiger partial charge >= 0.3 is 5.97 Å². The van der Waals surface area contributed by atoms with E-state index in [-0.39, 0.29) is 17.9 Å². The molecule has 0 saturated carbocycles. The molecule has 0 spiro atoms. The van der Waals surface area contributed by atoms with Crippen molar-refractivity contribution in [1.82, 2.24) is 0 Å². The highest BCUT2D eigenvalue weighted by Crippen LogP contribution is 2.28. The number of aromatic hydroxyl groups is 1. The van der Waals surface area contributed by atoms with Crippen LogP contribution in [0.4, 0.5) is 0 Å². The summed E-state index contributed by atoms with van der Waals surface area (Å²) in [6.45, 7) is 0.250. The Hall–Kier alpha value is -3.96. The van der Waals surface area contributed by atoms with Gasteiger partial charge in [-0.15, -0.1) is 0 Å². The van der Waals surface area contributed by atoms with Crippen molar-refractivity contribution in [2.24, 2.45) is 0 Å². The lowest BCUT2D eigenvalue weighted by molar-refractivity contribution is 0.0693. The Morgan fingerprint density at radius 2 is 1.73 bits per heavy atom. The van der Waals surface area contributed by atoms with Gasteiger partial charge in [0.05, 0.1) is 0 Å². The maximum Gasteiger partial charge on any atom is 0.339 e. The van der Waals surface area contributed by atoms with Crippen molar-refractivity contribution in [3.63, 3.8) is 0 Å². The molecule has 0 fully saturated rings. The molecule has 6 heteroatoms. The summed E-state index contributed by atoms with van der Waals surface area (Å²) >= 11 is 6.03. The molecule has 0 aromatic heterocycles. The van der Waals surface area contributed by atoms with E-state index >= 15 is 0 Å². The molecule has 0 bridgehead atoms. The molecule has 0 heterocycles. The van der Waals surface area contributed by atoms with Crippen molar-refractivity contribution in [3.8, 4) is 28.4 Å². The molecule has 33 heavy (non-hydrogen) atoms. The van der Waals surface area contributed by atoms with Gasteiger partial charge in [0.25, 0.3) is 0 Å². The van der Waals surface area contributed by atoms with Gasteiger partial charge in [-0.05, 0) is 71.3 Å². The number of hydrogen-bond donors (Lipinski definition) is 2. The number of allylic oxidation sites excluding steroid dienone is 5. The zero-order chi connectivity index (χ0) is 23.2. The average Bonchev–Trinajstić information content (AvgIpc) is 3.02. The minimum Gasteiger partial charge on any atom is -0.507 e. The molecule has 0 unspecified atom stereocenters. The number of carbonyl (C=O) groups is 1. The van der Waals surface area contributed by atoms with Gasteiger partial charge in [0.15, 0.2) is 0 Å². The number of carboxylic acid groups (broad SMARTS) is 1. The summed E-state index contributed by atoms with van der Waals surface area (Å²) in [5.41, 5.74) is 2.71. The summed E-state index contributed by atoms with van der Waals surface area (Å²) in [5.74, 6) is 0.387. The van der Waals surface area contributed by atoms with Crippen LogP contribution in [0.15, 0.2) is 102 Å². The van der Waals surface area contributed by atoms with E-state index in [4.69, 9.17) is 26.2 Å². The first kappa shape index (κ1) is 22.2. The number of aromatic carboxylic acids is 1. The van der Waals surface area contributed by atoms with Crippen molar-refractivity contribution in [2.75, 3.05) is 0 Å². The number of hydrogen-bond acceptors (Lipinski definition) is 4. The molecular weight excluding hydrogens is 440 g/mol. The Balaban J connectivity index is 1.48. The fourth-order valence-corrected chi connectivity index (χ4v) is 3.49. The number of benzene rings is 3. The van der Waals surface area contributed by atoms with Gasteiger partial charge in [-0.3, -0.25) is 0 Å². The van der Waals surface area contributed by atoms with Crippen molar-refractivity contribution in [1.29, 1.82) is 0 Å². The highest BCUT2D eigenvalue weighted by molar-refractivity contribution is 6.31. The van der Waals surface area contributed by atoms with Crippen LogP contribution < -0.4 is 9.47 Å². The minimum absolute atomic E-state index is 0.199. The molecule has 3 aromatic rings. The quantitative estimate of drug-likeness (QED) is 0.411. The first-order valence-corrected chi connectivity index (χ1v) is 10.6. The average molecular weight is 461 g/mol. The normalized spacial score (nSPS) is 13.0. The predicted octanol–water partition coefficient (Wildman–Crippen LogP) is 6.68. The molecular formula is C27H21ClO5. The van der Waals surface area contributed by atoms with E-state index in [2.05, 4.69) is 0 Å². The molecule has 166 valence electrons. The monoisotopic (exact) mass is 460 g/mol. The number of rotatable bonds is 7. The molecule has 3 aromatic carbocycles. The number of phenols is 1. The summed E-state index contributed by atoms with van der Waals surface area (Å²) in [5, 5.41) is 19.5. The van der Waals surface area contributed by atoms with Gasteiger partial charge in [0.2, 0.25) is 0 Å². The number of carboxylic acids is 1. The predicted molar refractivity (Wildman–Crippen MR) is 128 cm³/mol. The van der Waals surface area contributed by atoms with Crippen LogP contribution in [0.1, 0.15) is 22.3 Å². The van der Waals surface area contributed by atoms with Gasteiger partial charge in [0.1, 0.15) is 35.2 Å². The second-order valence-corrected chi connectivity index (χ2v) is 7.83. The van der Waals surface area contributed by atoms with Crippen LogP contribution >= 0.6 is 11.6 Å². The third kappa shape index (κ3) is 5.84. The maximum absolute atomic E-state index is 11.2. The van der Waals surface area contributed by atoms with Crippen molar-refractivity contribution >= 4 is 17.6 Å². The third-order valence-electron chi connectivity index (χ3n) is 4.97. The second kappa shape index (κ2) is 10.1. The van der Waals surface area contributed by atoms with Gasteiger partial charge in [-0.1, -0.05) is 48.0 Å². The van der Waals surface area contributed by atoms with E-state index in [1.165, 1.54) is 18.2 Å². The van der Waals surface area contributed by atoms with Gasteiger partial charge in [-0.2, -0.15) is 0 Å². The fraction of sp³-hybridized carbons (Fsp3) is 0.0741. The number of ether oxygens (including phenoxy) is 2. The summed E-state index contributed by atoms with van der Waals surface area (Å²) in [6.07, 6.45) is 8.13. The van der Waals surface area contributed by atoms with Crippen molar-refractivity contribution in [2.45, 2.75) is 13.0 Å². The first-order chi connectivity index (χ1) is 16.0. The van der Waals surface area contributed by atoms with E-state index in [1.54, 1.807) is 6.08 Å². The Morgan fingerprint density at radius 1 is 0.939 bits per heavy atom. The topological polar surface area (TPSA) is 76.0 Å². The van der Waals surface area contributed by atoms with Crippen LogP contribution in [0, 0.1) is 0 Å².